The normalized spacial score (nSPS) is 11.4. The zero-order valence-electron chi connectivity index (χ0n) is 22.3. The number of fused-ring (bicyclic) bond motifs is 4. The lowest BCUT2D eigenvalue weighted by Gasteiger charge is -2.10. The summed E-state index contributed by atoms with van der Waals surface area (Å²) in [4.78, 5) is 9.73. The number of benzene rings is 6. The third-order valence-corrected chi connectivity index (χ3v) is 7.86. The summed E-state index contributed by atoms with van der Waals surface area (Å²) in [6.45, 7) is 0. The van der Waals surface area contributed by atoms with Crippen LogP contribution in [0, 0.1) is 0 Å². The van der Waals surface area contributed by atoms with Crippen molar-refractivity contribution in [3.63, 3.8) is 0 Å². The minimum absolute atomic E-state index is 0.942. The number of nitrogens with zero attached hydrogens (tertiary/aromatic N) is 3. The predicted octanol–water partition coefficient (Wildman–Crippen LogP) is 9.73. The zero-order chi connectivity index (χ0) is 27.2. The summed E-state index contributed by atoms with van der Waals surface area (Å²) < 4.78 is 2.24. The smallest absolute Gasteiger partial charge is 0.145 e. The summed E-state index contributed by atoms with van der Waals surface area (Å²) in [7, 11) is 0. The van der Waals surface area contributed by atoms with Crippen molar-refractivity contribution in [3.8, 4) is 39.3 Å². The van der Waals surface area contributed by atoms with E-state index in [0.717, 1.165) is 33.6 Å². The van der Waals surface area contributed by atoms with Gasteiger partial charge in [0.05, 0.1) is 16.6 Å². The molecule has 0 bridgehead atoms. The van der Waals surface area contributed by atoms with E-state index in [1.165, 1.54) is 38.4 Å². The van der Waals surface area contributed by atoms with E-state index in [0.29, 0.717) is 0 Å². The Kier molecular flexibility index (Phi) is 5.46. The van der Waals surface area contributed by atoms with E-state index in [9.17, 15) is 0 Å². The number of imidazole rings is 1. The quantitative estimate of drug-likeness (QED) is 0.215. The van der Waals surface area contributed by atoms with Crippen LogP contribution in [0.5, 0.6) is 0 Å². The Morgan fingerprint density at radius 1 is 0.439 bits per heavy atom. The van der Waals surface area contributed by atoms with Crippen molar-refractivity contribution in [2.24, 2.45) is 0 Å². The monoisotopic (exact) mass is 523 g/mol. The first-order valence-electron chi connectivity index (χ1n) is 13.8. The van der Waals surface area contributed by atoms with Gasteiger partial charge in [-0.15, -0.1) is 0 Å². The highest BCUT2D eigenvalue weighted by atomic mass is 15.1. The Morgan fingerprint density at radius 2 is 1.05 bits per heavy atom. The van der Waals surface area contributed by atoms with Gasteiger partial charge in [0.25, 0.3) is 0 Å². The molecule has 0 spiro atoms. The first-order chi connectivity index (χ1) is 20.3. The lowest BCUT2D eigenvalue weighted by molar-refractivity contribution is 1.10. The SMILES string of the molecule is c1ccc(-n2c(-c3ccc(-c4ccc(-c5ccc6c(c5)ncc5ccccc56)cc4)cc3)nc3ccccc32)cc1. The van der Waals surface area contributed by atoms with Crippen molar-refractivity contribution in [1.29, 1.82) is 0 Å². The van der Waals surface area contributed by atoms with Gasteiger partial charge in [-0.05, 0) is 58.0 Å². The predicted molar refractivity (Wildman–Crippen MR) is 170 cm³/mol. The minimum Gasteiger partial charge on any atom is -0.292 e. The molecule has 0 aliphatic heterocycles. The molecule has 0 saturated heterocycles. The van der Waals surface area contributed by atoms with Gasteiger partial charge in [-0.1, -0.05) is 115 Å². The molecule has 0 N–H and O–H groups in total. The van der Waals surface area contributed by atoms with Crippen LogP contribution in [0.4, 0.5) is 0 Å². The van der Waals surface area contributed by atoms with Gasteiger partial charge in [-0.25, -0.2) is 4.98 Å². The molecule has 0 amide bonds. The zero-order valence-corrected chi connectivity index (χ0v) is 22.3. The molecule has 3 nitrogen and oxygen atoms in total. The molecule has 0 aliphatic rings. The summed E-state index contributed by atoms with van der Waals surface area (Å²) in [5.41, 5.74) is 10.0. The number of pyridine rings is 1. The number of rotatable bonds is 4. The lowest BCUT2D eigenvalue weighted by Crippen LogP contribution is -1.97. The topological polar surface area (TPSA) is 30.7 Å². The Bertz CT molecular complexity index is 2180. The summed E-state index contributed by atoms with van der Waals surface area (Å²) in [5, 5.41) is 3.59. The van der Waals surface area contributed by atoms with Crippen LogP contribution in [0.3, 0.4) is 0 Å². The third-order valence-electron chi connectivity index (χ3n) is 7.86. The maximum atomic E-state index is 5.00. The number of hydrogen-bond acceptors (Lipinski definition) is 2. The Labute approximate surface area is 238 Å². The minimum atomic E-state index is 0.942. The molecular formula is C38H25N3. The van der Waals surface area contributed by atoms with Crippen LogP contribution < -0.4 is 0 Å². The van der Waals surface area contributed by atoms with Gasteiger partial charge in [-0.2, -0.15) is 0 Å². The fraction of sp³-hybridized carbons (Fsp3) is 0. The van der Waals surface area contributed by atoms with E-state index >= 15 is 0 Å². The van der Waals surface area contributed by atoms with Crippen molar-refractivity contribution >= 4 is 32.7 Å². The van der Waals surface area contributed by atoms with E-state index in [1.54, 1.807) is 0 Å². The maximum Gasteiger partial charge on any atom is 0.145 e. The van der Waals surface area contributed by atoms with Crippen molar-refractivity contribution in [2.75, 3.05) is 0 Å². The first-order valence-corrected chi connectivity index (χ1v) is 13.8. The fourth-order valence-electron chi connectivity index (χ4n) is 5.76. The van der Waals surface area contributed by atoms with Gasteiger partial charge in [0.2, 0.25) is 0 Å². The maximum absolute atomic E-state index is 5.00. The highest BCUT2D eigenvalue weighted by molar-refractivity contribution is 6.06. The van der Waals surface area contributed by atoms with Gasteiger partial charge in [-0.3, -0.25) is 9.55 Å². The van der Waals surface area contributed by atoms with Crippen molar-refractivity contribution in [2.45, 2.75) is 0 Å². The van der Waals surface area contributed by atoms with Gasteiger partial charge < -0.3 is 0 Å². The van der Waals surface area contributed by atoms with Gasteiger partial charge in [0.15, 0.2) is 0 Å². The van der Waals surface area contributed by atoms with Crippen molar-refractivity contribution in [1.82, 2.24) is 14.5 Å². The van der Waals surface area contributed by atoms with E-state index in [1.807, 2.05) is 18.3 Å². The molecule has 0 fully saturated rings. The highest BCUT2D eigenvalue weighted by Crippen LogP contribution is 2.32. The molecule has 0 radical (unpaired) electrons. The standard InChI is InChI=1S/C38H25N3/c1-2-9-32(10-3-1)41-37-13-7-6-12-35(37)40-38(41)29-20-18-27(19-21-29)26-14-16-28(17-15-26)30-22-23-34-33-11-5-4-8-31(33)25-39-36(34)24-30/h1-25H. The largest absolute Gasteiger partial charge is 0.292 e. The van der Waals surface area contributed by atoms with Gasteiger partial charge in [0, 0.05) is 28.2 Å². The molecule has 41 heavy (non-hydrogen) atoms. The highest BCUT2D eigenvalue weighted by Gasteiger charge is 2.14. The van der Waals surface area contributed by atoms with Crippen LogP contribution in [0.15, 0.2) is 152 Å². The fourth-order valence-corrected chi connectivity index (χ4v) is 5.76. The molecule has 2 heterocycles. The number of aromatic nitrogens is 3. The first kappa shape index (κ1) is 23.4. The molecule has 6 aromatic carbocycles. The number of hydrogen-bond donors (Lipinski definition) is 0. The van der Waals surface area contributed by atoms with E-state index < -0.39 is 0 Å². The Morgan fingerprint density at radius 3 is 1.83 bits per heavy atom. The third kappa shape index (κ3) is 4.07. The van der Waals surface area contributed by atoms with E-state index in [-0.39, 0.29) is 0 Å². The summed E-state index contributed by atoms with van der Waals surface area (Å²) in [6, 6.07) is 51.2. The average molecular weight is 524 g/mol. The van der Waals surface area contributed by atoms with Crippen LogP contribution in [-0.2, 0) is 0 Å². The summed E-state index contributed by atoms with van der Waals surface area (Å²) >= 11 is 0. The Balaban J connectivity index is 1.11. The van der Waals surface area contributed by atoms with Crippen LogP contribution in [0.2, 0.25) is 0 Å². The molecule has 3 heteroatoms. The molecule has 8 rings (SSSR count). The molecule has 192 valence electrons. The van der Waals surface area contributed by atoms with Crippen molar-refractivity contribution < 1.29 is 0 Å². The molecule has 0 saturated carbocycles. The van der Waals surface area contributed by atoms with Crippen molar-refractivity contribution in [3.05, 3.63) is 152 Å². The molecule has 2 aromatic heterocycles. The molecule has 0 atom stereocenters. The van der Waals surface area contributed by atoms with Crippen LogP contribution in [-0.4, -0.2) is 14.5 Å². The number of para-hydroxylation sites is 3. The lowest BCUT2D eigenvalue weighted by atomic mass is 9.98. The second-order valence-electron chi connectivity index (χ2n) is 10.3. The second-order valence-corrected chi connectivity index (χ2v) is 10.3. The van der Waals surface area contributed by atoms with Crippen LogP contribution in [0.25, 0.3) is 72.0 Å². The Hall–Kier alpha value is -5.54. The second kappa shape index (κ2) is 9.58. The van der Waals surface area contributed by atoms with Gasteiger partial charge >= 0.3 is 0 Å². The summed E-state index contributed by atoms with van der Waals surface area (Å²) in [5.74, 6) is 0.942. The summed E-state index contributed by atoms with van der Waals surface area (Å²) in [6.07, 6.45) is 1.96. The van der Waals surface area contributed by atoms with Gasteiger partial charge in [0.1, 0.15) is 5.82 Å². The molecule has 0 unspecified atom stereocenters. The average Bonchev–Trinajstić information content (AvgIpc) is 3.45. The molecule has 0 aliphatic carbocycles. The van der Waals surface area contributed by atoms with Crippen LogP contribution >= 0.6 is 0 Å². The molecular weight excluding hydrogens is 498 g/mol. The molecule has 8 aromatic rings. The van der Waals surface area contributed by atoms with E-state index in [2.05, 4.69) is 138 Å². The van der Waals surface area contributed by atoms with E-state index in [4.69, 9.17) is 9.97 Å². The van der Waals surface area contributed by atoms with Crippen LogP contribution in [0.1, 0.15) is 0 Å².